The number of methoxy groups -OCH3 is 1. The van der Waals surface area contributed by atoms with Gasteiger partial charge in [0.05, 0.1) is 19.2 Å². The summed E-state index contributed by atoms with van der Waals surface area (Å²) in [5.41, 5.74) is 1.87. The molecule has 1 fully saturated rings. The minimum absolute atomic E-state index is 0.0943. The molecule has 3 heterocycles. The van der Waals surface area contributed by atoms with E-state index in [-0.39, 0.29) is 12.5 Å². The molecule has 10 heteroatoms. The van der Waals surface area contributed by atoms with Crippen molar-refractivity contribution in [3.05, 3.63) is 53.1 Å². The van der Waals surface area contributed by atoms with Gasteiger partial charge in [-0.2, -0.15) is 0 Å². The van der Waals surface area contributed by atoms with Crippen LogP contribution in [0.1, 0.15) is 21.5 Å². The van der Waals surface area contributed by atoms with Crippen LogP contribution in [0.15, 0.2) is 36.4 Å². The number of hydrogen-bond donors (Lipinski definition) is 2. The number of ether oxygens (including phenoxy) is 1. The van der Waals surface area contributed by atoms with Gasteiger partial charge in [-0.05, 0) is 35.9 Å². The molecule has 5 rings (SSSR count). The molecule has 2 aliphatic rings. The molecule has 0 bridgehead atoms. The highest BCUT2D eigenvalue weighted by Crippen LogP contribution is 2.28. The van der Waals surface area contributed by atoms with Crippen LogP contribution >= 0.6 is 0 Å². The van der Waals surface area contributed by atoms with E-state index in [1.165, 1.54) is 12.0 Å². The molecule has 2 aromatic carbocycles. The SMILES string of the molecule is COc1ccc2c(c1)C(=O)N(C[C@@]1(C#Cc3ccc4nnn(C)c4c3)NC(=O)NC1=O)C2. The van der Waals surface area contributed by atoms with E-state index in [4.69, 9.17) is 4.74 Å². The van der Waals surface area contributed by atoms with Gasteiger partial charge in [0.1, 0.15) is 11.3 Å². The van der Waals surface area contributed by atoms with Crippen molar-refractivity contribution >= 4 is 28.9 Å². The molecule has 10 nitrogen and oxygen atoms in total. The van der Waals surface area contributed by atoms with E-state index in [0.717, 1.165) is 16.6 Å². The first-order valence-corrected chi connectivity index (χ1v) is 9.81. The van der Waals surface area contributed by atoms with Crippen LogP contribution in [-0.4, -0.2) is 56.9 Å². The van der Waals surface area contributed by atoms with E-state index in [1.54, 1.807) is 42.1 Å². The third kappa shape index (κ3) is 3.11. The fourth-order valence-electron chi connectivity index (χ4n) is 3.90. The molecule has 0 radical (unpaired) electrons. The zero-order valence-corrected chi connectivity index (χ0v) is 17.3. The van der Waals surface area contributed by atoms with Gasteiger partial charge in [0, 0.05) is 24.7 Å². The molecule has 1 saturated heterocycles. The lowest BCUT2D eigenvalue weighted by atomic mass is 9.99. The standard InChI is InChI=1S/C22H18N6O4/c1-27-18-9-13(3-6-17(18)25-26-27)7-8-22(20(30)23-21(31)24-22)12-28-11-14-4-5-15(32-2)10-16(14)19(28)29/h3-6,9-10H,11-12H2,1-2H3,(H2,23,24,30,31)/t22-/m1/s1. The Balaban J connectivity index is 1.48. The zero-order chi connectivity index (χ0) is 22.5. The van der Waals surface area contributed by atoms with Crippen LogP contribution in [0.2, 0.25) is 0 Å². The molecule has 2 N–H and O–H groups in total. The Labute approximate surface area is 182 Å². The second kappa shape index (κ2) is 7.09. The van der Waals surface area contributed by atoms with E-state index >= 15 is 0 Å². The second-order valence-electron chi connectivity index (χ2n) is 7.66. The molecule has 32 heavy (non-hydrogen) atoms. The lowest BCUT2D eigenvalue weighted by molar-refractivity contribution is -0.122. The van der Waals surface area contributed by atoms with E-state index in [0.29, 0.717) is 23.4 Å². The average molecular weight is 430 g/mol. The third-order valence-corrected chi connectivity index (χ3v) is 5.60. The molecule has 0 spiro atoms. The largest absolute Gasteiger partial charge is 0.497 e. The molecule has 0 aliphatic carbocycles. The van der Waals surface area contributed by atoms with Gasteiger partial charge in [0.2, 0.25) is 5.54 Å². The van der Waals surface area contributed by atoms with Crippen molar-refractivity contribution in [1.29, 1.82) is 0 Å². The van der Waals surface area contributed by atoms with Crippen LogP contribution in [-0.2, 0) is 18.4 Å². The highest BCUT2D eigenvalue weighted by atomic mass is 16.5. The highest BCUT2D eigenvalue weighted by Gasteiger charge is 2.48. The van der Waals surface area contributed by atoms with Crippen LogP contribution in [0.25, 0.3) is 11.0 Å². The van der Waals surface area contributed by atoms with Crippen molar-refractivity contribution in [3.8, 4) is 17.6 Å². The minimum atomic E-state index is -1.57. The fraction of sp³-hybridized carbons (Fsp3) is 0.227. The monoisotopic (exact) mass is 430 g/mol. The molecule has 4 amide bonds. The van der Waals surface area contributed by atoms with Gasteiger partial charge in [-0.15, -0.1) is 5.10 Å². The van der Waals surface area contributed by atoms with Crippen molar-refractivity contribution in [2.75, 3.05) is 13.7 Å². The molecule has 1 atom stereocenters. The second-order valence-corrected chi connectivity index (χ2v) is 7.66. The Morgan fingerprint density at radius 3 is 2.78 bits per heavy atom. The molecular weight excluding hydrogens is 412 g/mol. The topological polar surface area (TPSA) is 118 Å². The Hall–Kier alpha value is -4.39. The van der Waals surface area contributed by atoms with Gasteiger partial charge in [-0.25, -0.2) is 9.48 Å². The lowest BCUT2D eigenvalue weighted by Gasteiger charge is -2.26. The summed E-state index contributed by atoms with van der Waals surface area (Å²) in [6, 6.07) is 9.94. The summed E-state index contributed by atoms with van der Waals surface area (Å²) in [5.74, 6) is 5.58. The molecule has 0 saturated carbocycles. The maximum atomic E-state index is 13.0. The number of aryl methyl sites for hydroxylation is 1. The summed E-state index contributed by atoms with van der Waals surface area (Å²) < 4.78 is 6.82. The average Bonchev–Trinajstić information content (AvgIpc) is 3.40. The van der Waals surface area contributed by atoms with Crippen LogP contribution in [0.3, 0.4) is 0 Å². The van der Waals surface area contributed by atoms with Gasteiger partial charge in [0.25, 0.3) is 11.8 Å². The van der Waals surface area contributed by atoms with Crippen LogP contribution in [0.5, 0.6) is 5.75 Å². The van der Waals surface area contributed by atoms with E-state index in [2.05, 4.69) is 32.8 Å². The maximum Gasteiger partial charge on any atom is 0.323 e. The number of carbonyl (C=O) groups is 3. The predicted molar refractivity (Wildman–Crippen MR) is 113 cm³/mol. The highest BCUT2D eigenvalue weighted by molar-refractivity contribution is 6.10. The molecule has 3 aromatic rings. The van der Waals surface area contributed by atoms with E-state index in [9.17, 15) is 14.4 Å². The third-order valence-electron chi connectivity index (χ3n) is 5.60. The molecule has 2 aliphatic heterocycles. The molecule has 1 aromatic heterocycles. The summed E-state index contributed by atoms with van der Waals surface area (Å²) in [7, 11) is 3.30. The van der Waals surface area contributed by atoms with Crippen LogP contribution in [0, 0.1) is 11.8 Å². The van der Waals surface area contributed by atoms with E-state index in [1.807, 2.05) is 6.07 Å². The zero-order valence-electron chi connectivity index (χ0n) is 17.3. The number of imide groups is 1. The maximum absolute atomic E-state index is 13.0. The van der Waals surface area contributed by atoms with Crippen molar-refractivity contribution in [2.45, 2.75) is 12.1 Å². The van der Waals surface area contributed by atoms with Gasteiger partial charge < -0.3 is 15.0 Å². The van der Waals surface area contributed by atoms with Gasteiger partial charge in [0.15, 0.2) is 0 Å². The summed E-state index contributed by atoms with van der Waals surface area (Å²) in [5, 5.41) is 12.8. The Morgan fingerprint density at radius 1 is 1.19 bits per heavy atom. The van der Waals surface area contributed by atoms with Gasteiger partial charge >= 0.3 is 6.03 Å². The number of rotatable bonds is 3. The molecule has 0 unspecified atom stereocenters. The smallest absolute Gasteiger partial charge is 0.323 e. The normalized spacial score (nSPS) is 19.4. The number of aromatic nitrogens is 3. The number of benzene rings is 2. The van der Waals surface area contributed by atoms with E-state index < -0.39 is 17.5 Å². The van der Waals surface area contributed by atoms with Crippen molar-refractivity contribution < 1.29 is 19.1 Å². The number of hydrogen-bond acceptors (Lipinski definition) is 6. The predicted octanol–water partition coefficient (Wildman–Crippen LogP) is 0.563. The summed E-state index contributed by atoms with van der Waals surface area (Å²) in [6.45, 7) is 0.209. The first kappa shape index (κ1) is 19.6. The fourth-order valence-corrected chi connectivity index (χ4v) is 3.90. The number of urea groups is 1. The number of amides is 4. The minimum Gasteiger partial charge on any atom is -0.497 e. The van der Waals surface area contributed by atoms with Gasteiger partial charge in [-0.1, -0.05) is 23.1 Å². The first-order valence-electron chi connectivity index (χ1n) is 9.81. The van der Waals surface area contributed by atoms with Crippen molar-refractivity contribution in [2.24, 2.45) is 7.05 Å². The summed E-state index contributed by atoms with van der Waals surface area (Å²) in [4.78, 5) is 39.2. The number of fused-ring (bicyclic) bond motifs is 2. The van der Waals surface area contributed by atoms with Crippen molar-refractivity contribution in [3.63, 3.8) is 0 Å². The molecule has 160 valence electrons. The molecular formula is C22H18N6O4. The first-order chi connectivity index (χ1) is 15.4. The number of carbonyl (C=O) groups excluding carboxylic acids is 3. The number of nitrogens with one attached hydrogen (secondary N) is 2. The Bertz CT molecular complexity index is 1370. The quantitative estimate of drug-likeness (QED) is 0.463. The summed E-state index contributed by atoms with van der Waals surface area (Å²) >= 11 is 0. The lowest BCUT2D eigenvalue weighted by Crippen LogP contribution is -2.54. The van der Waals surface area contributed by atoms with Gasteiger partial charge in [-0.3, -0.25) is 14.9 Å². The number of nitrogens with zero attached hydrogens (tertiary/aromatic N) is 4. The van der Waals surface area contributed by atoms with Crippen LogP contribution in [0.4, 0.5) is 4.79 Å². The summed E-state index contributed by atoms with van der Waals surface area (Å²) in [6.07, 6.45) is 0. The Kier molecular flexibility index (Phi) is 4.34. The van der Waals surface area contributed by atoms with Crippen LogP contribution < -0.4 is 15.4 Å². The Morgan fingerprint density at radius 2 is 2.03 bits per heavy atom. The van der Waals surface area contributed by atoms with Crippen molar-refractivity contribution in [1.82, 2.24) is 30.5 Å².